The van der Waals surface area contributed by atoms with Crippen LogP contribution in [0.15, 0.2) is 27.1 Å². The Labute approximate surface area is 169 Å². The highest BCUT2D eigenvalue weighted by atomic mass is 16.5. The van der Waals surface area contributed by atoms with Crippen LogP contribution < -0.4 is 10.1 Å². The molecule has 0 bridgehead atoms. The van der Waals surface area contributed by atoms with Crippen molar-refractivity contribution in [3.8, 4) is 17.3 Å². The summed E-state index contributed by atoms with van der Waals surface area (Å²) in [4.78, 5) is 18.9. The molecule has 0 spiro atoms. The number of amides is 1. The second-order valence-corrected chi connectivity index (χ2v) is 7.62. The van der Waals surface area contributed by atoms with E-state index in [1.54, 1.807) is 7.11 Å². The van der Waals surface area contributed by atoms with Gasteiger partial charge in [0, 0.05) is 24.0 Å². The van der Waals surface area contributed by atoms with Crippen molar-refractivity contribution in [3.63, 3.8) is 0 Å². The molecular formula is C21H26N4O4. The van der Waals surface area contributed by atoms with Gasteiger partial charge >= 0.3 is 11.8 Å². The van der Waals surface area contributed by atoms with Crippen LogP contribution in [0.5, 0.6) is 5.75 Å². The second kappa shape index (κ2) is 8.24. The van der Waals surface area contributed by atoms with E-state index in [9.17, 15) is 4.79 Å². The summed E-state index contributed by atoms with van der Waals surface area (Å²) in [6.07, 6.45) is 2.42. The standard InChI is InChI=1S/C21H26N4O4/c1-13-6-9-25(10-7-13)11-8-22-20(26)21-23-19(24-29-21)18-14(2)16-12-15(27-3)4-5-17(16)28-18/h4-5,12-13H,6-11H2,1-3H3,(H,22,26). The highest BCUT2D eigenvalue weighted by Crippen LogP contribution is 2.33. The van der Waals surface area contributed by atoms with Gasteiger partial charge in [-0.05, 0) is 57.0 Å². The number of hydrogen-bond donors (Lipinski definition) is 1. The summed E-state index contributed by atoms with van der Waals surface area (Å²) in [5.41, 5.74) is 1.57. The summed E-state index contributed by atoms with van der Waals surface area (Å²) in [5, 5.41) is 7.69. The van der Waals surface area contributed by atoms with Crippen molar-refractivity contribution >= 4 is 16.9 Å². The van der Waals surface area contributed by atoms with Gasteiger partial charge in [-0.1, -0.05) is 12.1 Å². The molecule has 8 nitrogen and oxygen atoms in total. The first-order valence-electron chi connectivity index (χ1n) is 9.97. The van der Waals surface area contributed by atoms with Gasteiger partial charge in [-0.3, -0.25) is 4.79 Å². The Kier molecular flexibility index (Phi) is 5.53. The van der Waals surface area contributed by atoms with E-state index in [1.807, 2.05) is 25.1 Å². The van der Waals surface area contributed by atoms with Gasteiger partial charge in [0.05, 0.1) is 7.11 Å². The number of methoxy groups -OCH3 is 1. The number of rotatable bonds is 6. The summed E-state index contributed by atoms with van der Waals surface area (Å²) >= 11 is 0. The Balaban J connectivity index is 1.41. The molecule has 4 rings (SSSR count). The maximum atomic E-state index is 12.4. The minimum absolute atomic E-state index is 0.0651. The zero-order valence-electron chi connectivity index (χ0n) is 17.0. The van der Waals surface area contributed by atoms with Crippen LogP contribution in [0.3, 0.4) is 0 Å². The maximum absolute atomic E-state index is 12.4. The number of likely N-dealkylation sites (tertiary alicyclic amines) is 1. The Morgan fingerprint density at radius 2 is 2.14 bits per heavy atom. The number of ether oxygens (including phenoxy) is 1. The van der Waals surface area contributed by atoms with E-state index in [1.165, 1.54) is 12.8 Å². The summed E-state index contributed by atoms with van der Waals surface area (Å²) in [7, 11) is 1.62. The van der Waals surface area contributed by atoms with Crippen LogP contribution in [0.25, 0.3) is 22.6 Å². The van der Waals surface area contributed by atoms with E-state index in [4.69, 9.17) is 13.7 Å². The van der Waals surface area contributed by atoms with Gasteiger partial charge in [-0.25, -0.2) is 0 Å². The van der Waals surface area contributed by atoms with E-state index in [0.29, 0.717) is 17.9 Å². The first kappa shape index (κ1) is 19.4. The molecule has 1 saturated heterocycles. The number of piperidine rings is 1. The molecule has 1 aliphatic heterocycles. The smallest absolute Gasteiger partial charge is 0.316 e. The minimum Gasteiger partial charge on any atom is -0.497 e. The normalized spacial score (nSPS) is 15.7. The lowest BCUT2D eigenvalue weighted by Crippen LogP contribution is -2.39. The van der Waals surface area contributed by atoms with Gasteiger partial charge in [0.1, 0.15) is 11.3 Å². The first-order chi connectivity index (χ1) is 14.0. The predicted octanol–water partition coefficient (Wildman–Crippen LogP) is 3.26. The van der Waals surface area contributed by atoms with E-state index in [0.717, 1.165) is 42.3 Å². The molecule has 1 aliphatic rings. The number of furan rings is 1. The SMILES string of the molecule is COc1ccc2oc(-c3noc(C(=O)NCCN4CCC(C)CC4)n3)c(C)c2c1. The summed E-state index contributed by atoms with van der Waals surface area (Å²) in [6.45, 7) is 7.73. The van der Waals surface area contributed by atoms with Gasteiger partial charge in [0.25, 0.3) is 0 Å². The fourth-order valence-corrected chi connectivity index (χ4v) is 3.64. The molecule has 0 aliphatic carbocycles. The van der Waals surface area contributed by atoms with Crippen molar-refractivity contribution in [3.05, 3.63) is 29.7 Å². The Hall–Kier alpha value is -2.87. The Bertz CT molecular complexity index is 1000. The molecule has 154 valence electrons. The number of aryl methyl sites for hydroxylation is 1. The molecule has 0 saturated carbocycles. The van der Waals surface area contributed by atoms with Gasteiger partial charge < -0.3 is 23.9 Å². The predicted molar refractivity (Wildman–Crippen MR) is 108 cm³/mol. The Morgan fingerprint density at radius 1 is 1.34 bits per heavy atom. The topological polar surface area (TPSA) is 93.6 Å². The van der Waals surface area contributed by atoms with Crippen LogP contribution in [-0.2, 0) is 0 Å². The molecule has 2 aromatic heterocycles. The first-order valence-corrected chi connectivity index (χ1v) is 9.97. The van der Waals surface area contributed by atoms with Crippen LogP contribution in [0.2, 0.25) is 0 Å². The molecule has 1 aromatic carbocycles. The van der Waals surface area contributed by atoms with Crippen LogP contribution >= 0.6 is 0 Å². The number of nitrogens with zero attached hydrogens (tertiary/aromatic N) is 3. The van der Waals surface area contributed by atoms with Gasteiger partial charge in [0.2, 0.25) is 5.82 Å². The molecule has 0 atom stereocenters. The summed E-state index contributed by atoms with van der Waals surface area (Å²) < 4.78 is 16.3. The number of carbonyl (C=O) groups excluding carboxylic acids is 1. The lowest BCUT2D eigenvalue weighted by atomic mass is 9.99. The monoisotopic (exact) mass is 398 g/mol. The van der Waals surface area contributed by atoms with Crippen LogP contribution in [-0.4, -0.2) is 54.2 Å². The van der Waals surface area contributed by atoms with Crippen LogP contribution in [0.4, 0.5) is 0 Å². The van der Waals surface area contributed by atoms with E-state index < -0.39 is 0 Å². The third kappa shape index (κ3) is 4.12. The van der Waals surface area contributed by atoms with E-state index in [-0.39, 0.29) is 17.6 Å². The second-order valence-electron chi connectivity index (χ2n) is 7.62. The van der Waals surface area contributed by atoms with Crippen molar-refractivity contribution in [2.24, 2.45) is 5.92 Å². The largest absolute Gasteiger partial charge is 0.497 e. The van der Waals surface area contributed by atoms with E-state index >= 15 is 0 Å². The van der Waals surface area contributed by atoms with Crippen molar-refractivity contribution in [2.75, 3.05) is 33.3 Å². The number of benzene rings is 1. The molecule has 1 N–H and O–H groups in total. The fourth-order valence-electron chi connectivity index (χ4n) is 3.64. The zero-order valence-corrected chi connectivity index (χ0v) is 17.0. The summed E-state index contributed by atoms with van der Waals surface area (Å²) in [6, 6.07) is 5.56. The molecule has 3 heterocycles. The molecule has 3 aromatic rings. The fraction of sp³-hybridized carbons (Fsp3) is 0.476. The highest BCUT2D eigenvalue weighted by molar-refractivity contribution is 5.91. The minimum atomic E-state index is -0.371. The van der Waals surface area contributed by atoms with Gasteiger partial charge in [-0.15, -0.1) is 0 Å². The quantitative estimate of drug-likeness (QED) is 0.681. The molecular weight excluding hydrogens is 372 g/mol. The molecule has 1 fully saturated rings. The average Bonchev–Trinajstić information content (AvgIpc) is 3.34. The van der Waals surface area contributed by atoms with Crippen molar-refractivity contribution < 1.29 is 18.5 Å². The molecule has 0 radical (unpaired) electrons. The number of aromatic nitrogens is 2. The zero-order chi connectivity index (χ0) is 20.4. The lowest BCUT2D eigenvalue weighted by molar-refractivity contribution is 0.0901. The molecule has 0 unspecified atom stereocenters. The number of nitrogens with one attached hydrogen (secondary N) is 1. The molecule has 1 amide bonds. The van der Waals surface area contributed by atoms with Crippen molar-refractivity contribution in [1.82, 2.24) is 20.4 Å². The van der Waals surface area contributed by atoms with Crippen LogP contribution in [0.1, 0.15) is 36.0 Å². The van der Waals surface area contributed by atoms with Crippen molar-refractivity contribution in [2.45, 2.75) is 26.7 Å². The van der Waals surface area contributed by atoms with Crippen LogP contribution in [0, 0.1) is 12.8 Å². The number of carbonyl (C=O) groups is 1. The Morgan fingerprint density at radius 3 is 2.90 bits per heavy atom. The lowest BCUT2D eigenvalue weighted by Gasteiger charge is -2.29. The number of fused-ring (bicyclic) bond motifs is 1. The van der Waals surface area contributed by atoms with Gasteiger partial charge in [-0.2, -0.15) is 4.98 Å². The third-order valence-corrected chi connectivity index (χ3v) is 5.56. The van der Waals surface area contributed by atoms with Gasteiger partial charge in [0.15, 0.2) is 5.76 Å². The highest BCUT2D eigenvalue weighted by Gasteiger charge is 2.22. The molecule has 8 heteroatoms. The number of hydrogen-bond acceptors (Lipinski definition) is 7. The maximum Gasteiger partial charge on any atom is 0.316 e. The summed E-state index contributed by atoms with van der Waals surface area (Å²) in [5.74, 6) is 1.84. The average molecular weight is 398 g/mol. The van der Waals surface area contributed by atoms with E-state index in [2.05, 4.69) is 27.3 Å². The van der Waals surface area contributed by atoms with Crippen molar-refractivity contribution in [1.29, 1.82) is 0 Å². The third-order valence-electron chi connectivity index (χ3n) is 5.56. The molecule has 29 heavy (non-hydrogen) atoms.